The third-order valence-corrected chi connectivity index (χ3v) is 4.00. The van der Waals surface area contributed by atoms with Gasteiger partial charge < -0.3 is 9.90 Å². The van der Waals surface area contributed by atoms with Crippen molar-refractivity contribution in [3.63, 3.8) is 0 Å². The van der Waals surface area contributed by atoms with E-state index < -0.39 is 16.0 Å². The summed E-state index contributed by atoms with van der Waals surface area (Å²) in [6.07, 6.45) is 2.21. The van der Waals surface area contributed by atoms with Crippen LogP contribution in [0.5, 0.6) is 0 Å². The molecule has 0 aliphatic heterocycles. The number of aliphatic carboxylic acids is 1. The van der Waals surface area contributed by atoms with Crippen LogP contribution in [0.3, 0.4) is 0 Å². The van der Waals surface area contributed by atoms with E-state index in [-0.39, 0.29) is 4.90 Å². The summed E-state index contributed by atoms with van der Waals surface area (Å²) < 4.78 is 26.7. The van der Waals surface area contributed by atoms with Gasteiger partial charge in [0.2, 0.25) is 0 Å². The number of benzene rings is 2. The highest BCUT2D eigenvalue weighted by atomic mass is 32.2. The van der Waals surface area contributed by atoms with Crippen molar-refractivity contribution in [1.29, 1.82) is 0 Å². The Morgan fingerprint density at radius 3 is 2.43 bits per heavy atom. The summed E-state index contributed by atoms with van der Waals surface area (Å²) >= 11 is 0. The van der Waals surface area contributed by atoms with Gasteiger partial charge >= 0.3 is 0 Å². The first-order valence-corrected chi connectivity index (χ1v) is 7.53. The highest BCUT2D eigenvalue weighted by molar-refractivity contribution is 7.92. The standard InChI is InChI=1S/C15H13NO4S/c17-15(18)10-9-12-5-4-6-13(11-12)16-21(19,20)14-7-2-1-3-8-14/h1-11,16H,(H,17,18)/p-1/b10-9+. The van der Waals surface area contributed by atoms with Crippen molar-refractivity contribution >= 4 is 27.8 Å². The predicted octanol–water partition coefficient (Wildman–Crippen LogP) is 1.25. The number of carboxylic acids is 1. The monoisotopic (exact) mass is 302 g/mol. The van der Waals surface area contributed by atoms with Gasteiger partial charge in [-0.15, -0.1) is 0 Å². The van der Waals surface area contributed by atoms with Gasteiger partial charge in [-0.25, -0.2) is 8.42 Å². The first-order valence-electron chi connectivity index (χ1n) is 6.04. The number of anilines is 1. The van der Waals surface area contributed by atoms with Gasteiger partial charge in [-0.2, -0.15) is 0 Å². The lowest BCUT2D eigenvalue weighted by Crippen LogP contribution is -2.18. The summed E-state index contributed by atoms with van der Waals surface area (Å²) in [4.78, 5) is 10.5. The number of rotatable bonds is 5. The van der Waals surface area contributed by atoms with Gasteiger partial charge in [0.25, 0.3) is 10.0 Å². The Morgan fingerprint density at radius 1 is 1.05 bits per heavy atom. The number of hydrogen-bond donors (Lipinski definition) is 1. The van der Waals surface area contributed by atoms with E-state index in [4.69, 9.17) is 0 Å². The van der Waals surface area contributed by atoms with Gasteiger partial charge in [-0.1, -0.05) is 36.4 Å². The fourth-order valence-electron chi connectivity index (χ4n) is 1.68. The molecule has 0 spiro atoms. The molecule has 2 aromatic rings. The van der Waals surface area contributed by atoms with E-state index in [0.717, 1.165) is 6.08 Å². The molecule has 0 saturated heterocycles. The highest BCUT2D eigenvalue weighted by Crippen LogP contribution is 2.17. The van der Waals surface area contributed by atoms with Crippen LogP contribution in [0.15, 0.2) is 65.6 Å². The molecule has 2 aromatic carbocycles. The van der Waals surface area contributed by atoms with Crippen LogP contribution in [-0.4, -0.2) is 14.4 Å². The predicted molar refractivity (Wildman–Crippen MR) is 77.7 cm³/mol. The van der Waals surface area contributed by atoms with Gasteiger partial charge in [-0.05, 0) is 35.9 Å². The molecular formula is C15H12NO4S-. The van der Waals surface area contributed by atoms with Crippen LogP contribution in [0.4, 0.5) is 5.69 Å². The number of nitrogens with one attached hydrogen (secondary N) is 1. The van der Waals surface area contributed by atoms with Crippen LogP contribution in [0.25, 0.3) is 6.08 Å². The Labute approximate surface area is 122 Å². The smallest absolute Gasteiger partial charge is 0.261 e. The first kappa shape index (κ1) is 14.8. The molecule has 21 heavy (non-hydrogen) atoms. The Kier molecular flexibility index (Phi) is 4.39. The summed E-state index contributed by atoms with van der Waals surface area (Å²) in [6.45, 7) is 0. The van der Waals surface area contributed by atoms with E-state index in [2.05, 4.69) is 4.72 Å². The zero-order valence-electron chi connectivity index (χ0n) is 10.9. The third-order valence-electron chi connectivity index (χ3n) is 2.60. The molecule has 108 valence electrons. The molecule has 0 bridgehead atoms. The lowest BCUT2D eigenvalue weighted by Gasteiger charge is -2.08. The zero-order valence-corrected chi connectivity index (χ0v) is 11.7. The number of hydrogen-bond acceptors (Lipinski definition) is 4. The summed E-state index contributed by atoms with van der Waals surface area (Å²) in [7, 11) is -3.66. The van der Waals surface area contributed by atoms with Gasteiger partial charge in [0.1, 0.15) is 0 Å². The molecule has 0 unspecified atom stereocenters. The minimum absolute atomic E-state index is 0.153. The van der Waals surface area contributed by atoms with Crippen LogP contribution < -0.4 is 9.83 Å². The van der Waals surface area contributed by atoms with Gasteiger partial charge in [-0.3, -0.25) is 4.72 Å². The van der Waals surface area contributed by atoms with E-state index in [9.17, 15) is 18.3 Å². The van der Waals surface area contributed by atoms with Crippen molar-refractivity contribution in [2.24, 2.45) is 0 Å². The largest absolute Gasteiger partial charge is 0.545 e. The number of carbonyl (C=O) groups excluding carboxylic acids is 1. The van der Waals surface area contributed by atoms with E-state index in [0.29, 0.717) is 11.3 Å². The van der Waals surface area contributed by atoms with Crippen molar-refractivity contribution in [2.45, 2.75) is 4.90 Å². The van der Waals surface area contributed by atoms with Crippen LogP contribution in [-0.2, 0) is 14.8 Å². The van der Waals surface area contributed by atoms with E-state index >= 15 is 0 Å². The van der Waals surface area contributed by atoms with Crippen molar-refractivity contribution < 1.29 is 18.3 Å². The fourth-order valence-corrected chi connectivity index (χ4v) is 2.75. The molecule has 0 heterocycles. The van der Waals surface area contributed by atoms with Crippen molar-refractivity contribution in [1.82, 2.24) is 0 Å². The van der Waals surface area contributed by atoms with Crippen molar-refractivity contribution in [2.75, 3.05) is 4.72 Å². The number of carbonyl (C=O) groups is 1. The fraction of sp³-hybridized carbons (Fsp3) is 0. The van der Waals surface area contributed by atoms with Crippen LogP contribution >= 0.6 is 0 Å². The molecule has 0 fully saturated rings. The molecule has 1 N–H and O–H groups in total. The summed E-state index contributed by atoms with van der Waals surface area (Å²) in [6, 6.07) is 14.4. The molecular weight excluding hydrogens is 290 g/mol. The average Bonchev–Trinajstić information content (AvgIpc) is 2.46. The molecule has 0 aromatic heterocycles. The lowest BCUT2D eigenvalue weighted by molar-refractivity contribution is -0.297. The maximum Gasteiger partial charge on any atom is 0.261 e. The van der Waals surface area contributed by atoms with Gasteiger partial charge in [0.15, 0.2) is 0 Å². The van der Waals surface area contributed by atoms with Crippen molar-refractivity contribution in [3.8, 4) is 0 Å². The molecule has 0 amide bonds. The second-order valence-corrected chi connectivity index (χ2v) is 5.88. The minimum Gasteiger partial charge on any atom is -0.545 e. The summed E-state index contributed by atoms with van der Waals surface area (Å²) in [5.74, 6) is -1.31. The van der Waals surface area contributed by atoms with E-state index in [1.54, 1.807) is 36.4 Å². The Bertz CT molecular complexity index is 767. The number of sulfonamides is 1. The minimum atomic E-state index is -3.66. The molecule has 0 radical (unpaired) electrons. The maximum absolute atomic E-state index is 12.1. The topological polar surface area (TPSA) is 86.3 Å². The lowest BCUT2D eigenvalue weighted by atomic mass is 10.2. The molecule has 5 nitrogen and oxygen atoms in total. The Balaban J connectivity index is 2.24. The molecule has 0 aliphatic carbocycles. The summed E-state index contributed by atoms with van der Waals surface area (Å²) in [5.41, 5.74) is 0.895. The molecule has 2 rings (SSSR count). The summed E-state index contributed by atoms with van der Waals surface area (Å²) in [5, 5.41) is 10.4. The van der Waals surface area contributed by atoms with E-state index in [1.807, 2.05) is 0 Å². The second kappa shape index (κ2) is 6.23. The average molecular weight is 302 g/mol. The molecule has 0 aliphatic rings. The second-order valence-electron chi connectivity index (χ2n) is 4.20. The van der Waals surface area contributed by atoms with Gasteiger partial charge in [0.05, 0.1) is 10.9 Å². The van der Waals surface area contributed by atoms with E-state index in [1.165, 1.54) is 24.3 Å². The molecule has 6 heteroatoms. The first-order chi connectivity index (χ1) is 9.97. The van der Waals surface area contributed by atoms with Crippen LogP contribution in [0, 0.1) is 0 Å². The van der Waals surface area contributed by atoms with Crippen LogP contribution in [0.1, 0.15) is 5.56 Å². The SMILES string of the molecule is O=C([O-])/C=C/c1cccc(NS(=O)(=O)c2ccccc2)c1. The Morgan fingerprint density at radius 2 is 1.76 bits per heavy atom. The quantitative estimate of drug-likeness (QED) is 0.842. The normalized spacial score (nSPS) is 11.4. The van der Waals surface area contributed by atoms with Crippen LogP contribution in [0.2, 0.25) is 0 Å². The Hall–Kier alpha value is -2.60. The zero-order chi connectivity index (χ0) is 15.3. The number of carboxylic acid groups (broad SMARTS) is 1. The third kappa shape index (κ3) is 4.19. The van der Waals surface area contributed by atoms with Crippen molar-refractivity contribution in [3.05, 3.63) is 66.2 Å². The highest BCUT2D eigenvalue weighted by Gasteiger charge is 2.13. The maximum atomic E-state index is 12.1. The molecule has 0 saturated carbocycles. The molecule has 0 atom stereocenters. The van der Waals surface area contributed by atoms with Gasteiger partial charge in [0, 0.05) is 5.69 Å².